The Balaban J connectivity index is 2.10. The van der Waals surface area contributed by atoms with Gasteiger partial charge in [-0.3, -0.25) is 4.68 Å². The normalized spacial score (nSPS) is 10.7. The van der Waals surface area contributed by atoms with Gasteiger partial charge in [0.2, 0.25) is 0 Å². The molecule has 0 aliphatic heterocycles. The third kappa shape index (κ3) is 3.32. The lowest BCUT2D eigenvalue weighted by molar-refractivity contribution is 0.573. The van der Waals surface area contributed by atoms with Gasteiger partial charge < -0.3 is 5.32 Å². The highest BCUT2D eigenvalue weighted by atomic mass is 79.9. The van der Waals surface area contributed by atoms with Gasteiger partial charge in [0.25, 0.3) is 0 Å². The molecule has 1 aromatic carbocycles. The minimum atomic E-state index is -0.612. The second-order valence-corrected chi connectivity index (χ2v) is 5.00. The average molecular weight is 330 g/mol. The summed E-state index contributed by atoms with van der Waals surface area (Å²) in [5.74, 6) is -1.22. The highest BCUT2D eigenvalue weighted by molar-refractivity contribution is 9.10. The number of hydrogen-bond donors (Lipinski definition) is 1. The van der Waals surface area contributed by atoms with Gasteiger partial charge >= 0.3 is 0 Å². The Kier molecular flexibility index (Phi) is 4.52. The van der Waals surface area contributed by atoms with E-state index in [2.05, 4.69) is 33.3 Å². The molecule has 0 aliphatic rings. The smallest absolute Gasteiger partial charge is 0.149 e. The zero-order valence-corrected chi connectivity index (χ0v) is 12.0. The zero-order valence-electron chi connectivity index (χ0n) is 10.5. The Morgan fingerprint density at radius 3 is 2.84 bits per heavy atom. The van der Waals surface area contributed by atoms with Gasteiger partial charge in [0.1, 0.15) is 11.6 Å². The quantitative estimate of drug-likeness (QED) is 0.842. The summed E-state index contributed by atoms with van der Waals surface area (Å²) in [4.78, 5) is 0. The fraction of sp³-hybridized carbons (Fsp3) is 0.308. The van der Waals surface area contributed by atoms with Crippen LogP contribution in [0.5, 0.6) is 0 Å². The van der Waals surface area contributed by atoms with Gasteiger partial charge in [-0.2, -0.15) is 5.10 Å². The molecule has 0 amide bonds. The third-order valence-electron chi connectivity index (χ3n) is 2.71. The molecule has 6 heteroatoms. The molecule has 0 spiro atoms. The Bertz CT molecular complexity index is 569. The van der Waals surface area contributed by atoms with E-state index in [1.165, 1.54) is 6.07 Å². The van der Waals surface area contributed by atoms with E-state index in [4.69, 9.17) is 0 Å². The van der Waals surface area contributed by atoms with Crippen molar-refractivity contribution in [3.8, 4) is 0 Å². The van der Waals surface area contributed by atoms with Crippen molar-refractivity contribution >= 4 is 21.6 Å². The lowest BCUT2D eigenvalue weighted by atomic mass is 10.3. The van der Waals surface area contributed by atoms with E-state index in [1.54, 1.807) is 6.20 Å². The van der Waals surface area contributed by atoms with Crippen molar-refractivity contribution in [2.75, 3.05) is 5.32 Å². The molecule has 0 aliphatic carbocycles. The number of aryl methyl sites for hydroxylation is 1. The molecule has 0 saturated heterocycles. The number of aromatic nitrogens is 2. The number of halogens is 3. The minimum absolute atomic E-state index is 0.235. The monoisotopic (exact) mass is 329 g/mol. The van der Waals surface area contributed by atoms with Gasteiger partial charge in [0.05, 0.1) is 22.4 Å². The van der Waals surface area contributed by atoms with Crippen LogP contribution in [-0.4, -0.2) is 9.78 Å². The van der Waals surface area contributed by atoms with Gasteiger partial charge in [0, 0.05) is 18.8 Å². The molecule has 2 rings (SSSR count). The van der Waals surface area contributed by atoms with Crippen LogP contribution < -0.4 is 5.32 Å². The molecule has 0 bridgehead atoms. The molecule has 0 radical (unpaired) electrons. The number of nitrogens with one attached hydrogen (secondary N) is 1. The van der Waals surface area contributed by atoms with Crippen molar-refractivity contribution in [1.82, 2.24) is 9.78 Å². The van der Waals surface area contributed by atoms with Crippen molar-refractivity contribution in [3.63, 3.8) is 0 Å². The number of benzene rings is 1. The van der Waals surface area contributed by atoms with Crippen LogP contribution >= 0.6 is 15.9 Å². The first-order valence-corrected chi connectivity index (χ1v) is 6.80. The molecule has 1 aromatic heterocycles. The first kappa shape index (κ1) is 14.0. The van der Waals surface area contributed by atoms with Crippen molar-refractivity contribution in [2.45, 2.75) is 26.4 Å². The van der Waals surface area contributed by atoms with Crippen LogP contribution in [0.15, 0.2) is 28.9 Å². The maximum absolute atomic E-state index is 13.6. The van der Waals surface area contributed by atoms with Crippen LogP contribution in [0.3, 0.4) is 0 Å². The van der Waals surface area contributed by atoms with Crippen LogP contribution in [0.4, 0.5) is 14.5 Å². The molecular formula is C13H14BrF2N3. The maximum Gasteiger partial charge on any atom is 0.149 e. The molecule has 0 fully saturated rings. The summed E-state index contributed by atoms with van der Waals surface area (Å²) in [6.45, 7) is 3.32. The minimum Gasteiger partial charge on any atom is -0.377 e. The van der Waals surface area contributed by atoms with E-state index in [1.807, 2.05) is 10.7 Å². The van der Waals surface area contributed by atoms with Crippen LogP contribution in [0.1, 0.15) is 19.0 Å². The summed E-state index contributed by atoms with van der Waals surface area (Å²) in [5, 5.41) is 7.14. The van der Waals surface area contributed by atoms with E-state index in [9.17, 15) is 8.78 Å². The van der Waals surface area contributed by atoms with Gasteiger partial charge in [-0.1, -0.05) is 6.92 Å². The summed E-state index contributed by atoms with van der Waals surface area (Å²) in [5.41, 5.74) is 1.22. The molecule has 102 valence electrons. The van der Waals surface area contributed by atoms with E-state index < -0.39 is 11.6 Å². The molecule has 0 atom stereocenters. The predicted octanol–water partition coefficient (Wildman–Crippen LogP) is 3.95. The van der Waals surface area contributed by atoms with Crippen molar-refractivity contribution < 1.29 is 8.78 Å². The lowest BCUT2D eigenvalue weighted by Crippen LogP contribution is -2.09. The number of hydrogen-bond acceptors (Lipinski definition) is 2. The average Bonchev–Trinajstić information content (AvgIpc) is 2.80. The summed E-state index contributed by atoms with van der Waals surface area (Å²) < 4.78 is 28.8. The summed E-state index contributed by atoms with van der Waals surface area (Å²) in [6, 6.07) is 4.13. The standard InChI is InChI=1S/C13H14BrF2N3/c1-2-5-19-9(3-4-18-19)8-17-13-6-10(14)11(15)7-12(13)16/h3-4,6-7,17H,2,5,8H2,1H3. The van der Waals surface area contributed by atoms with Crippen molar-refractivity contribution in [1.29, 1.82) is 0 Å². The largest absolute Gasteiger partial charge is 0.377 e. The molecule has 19 heavy (non-hydrogen) atoms. The highest BCUT2D eigenvalue weighted by Crippen LogP contribution is 2.24. The fourth-order valence-electron chi connectivity index (χ4n) is 1.77. The third-order valence-corrected chi connectivity index (χ3v) is 3.32. The summed E-state index contributed by atoms with van der Waals surface area (Å²) >= 11 is 3.04. The van der Waals surface area contributed by atoms with E-state index in [0.29, 0.717) is 6.54 Å². The molecule has 0 unspecified atom stereocenters. The molecule has 1 heterocycles. The van der Waals surface area contributed by atoms with Gasteiger partial charge in [-0.25, -0.2) is 8.78 Å². The lowest BCUT2D eigenvalue weighted by Gasteiger charge is -2.10. The van der Waals surface area contributed by atoms with Gasteiger partial charge in [-0.15, -0.1) is 0 Å². The Hall–Kier alpha value is -1.43. The molecule has 1 N–H and O–H groups in total. The van der Waals surface area contributed by atoms with Crippen molar-refractivity contribution in [2.24, 2.45) is 0 Å². The molecule has 0 saturated carbocycles. The van der Waals surface area contributed by atoms with Crippen LogP contribution in [0.2, 0.25) is 0 Å². The van der Waals surface area contributed by atoms with Crippen molar-refractivity contribution in [3.05, 3.63) is 46.2 Å². The molecule has 3 nitrogen and oxygen atoms in total. The van der Waals surface area contributed by atoms with Gasteiger partial charge in [0.15, 0.2) is 0 Å². The first-order valence-electron chi connectivity index (χ1n) is 6.01. The van der Waals surface area contributed by atoms with Crippen LogP contribution in [0.25, 0.3) is 0 Å². The van der Waals surface area contributed by atoms with E-state index in [-0.39, 0.29) is 10.2 Å². The predicted molar refractivity (Wildman–Crippen MR) is 73.9 cm³/mol. The second kappa shape index (κ2) is 6.14. The number of rotatable bonds is 5. The summed E-state index contributed by atoms with van der Waals surface area (Å²) in [6.07, 6.45) is 2.69. The molecular weight excluding hydrogens is 316 g/mol. The summed E-state index contributed by atoms with van der Waals surface area (Å²) in [7, 11) is 0. The fourth-order valence-corrected chi connectivity index (χ4v) is 2.11. The van der Waals surface area contributed by atoms with Crippen LogP contribution in [-0.2, 0) is 13.1 Å². The Morgan fingerprint density at radius 1 is 1.32 bits per heavy atom. The van der Waals surface area contributed by atoms with E-state index >= 15 is 0 Å². The zero-order chi connectivity index (χ0) is 13.8. The highest BCUT2D eigenvalue weighted by Gasteiger charge is 2.09. The second-order valence-electron chi connectivity index (χ2n) is 4.15. The molecule has 2 aromatic rings. The van der Waals surface area contributed by atoms with E-state index in [0.717, 1.165) is 24.7 Å². The first-order chi connectivity index (χ1) is 9.11. The Labute approximate surface area is 118 Å². The SMILES string of the molecule is CCCn1nccc1CNc1cc(Br)c(F)cc1F. The Morgan fingerprint density at radius 2 is 2.11 bits per heavy atom. The number of anilines is 1. The topological polar surface area (TPSA) is 29.9 Å². The maximum atomic E-state index is 13.6. The van der Waals surface area contributed by atoms with Crippen LogP contribution in [0, 0.1) is 11.6 Å². The number of nitrogens with zero attached hydrogens (tertiary/aromatic N) is 2. The van der Waals surface area contributed by atoms with Gasteiger partial charge in [-0.05, 0) is 34.5 Å².